The number of nitrogens with zero attached hydrogens (tertiary/aromatic N) is 1. The average molecular weight is 333 g/mol. The van der Waals surface area contributed by atoms with Gasteiger partial charge in [0.25, 0.3) is 0 Å². The van der Waals surface area contributed by atoms with Crippen LogP contribution in [0.25, 0.3) is 0 Å². The molecule has 0 amide bonds. The quantitative estimate of drug-likeness (QED) is 0.612. The summed E-state index contributed by atoms with van der Waals surface area (Å²) in [6, 6.07) is 0. The van der Waals surface area contributed by atoms with Crippen LogP contribution in [0.1, 0.15) is 26.7 Å². The molecule has 0 bridgehead atoms. The van der Waals surface area contributed by atoms with E-state index in [1.165, 1.54) is 26.1 Å². The van der Waals surface area contributed by atoms with Crippen molar-refractivity contribution in [1.82, 2.24) is 4.31 Å². The van der Waals surface area contributed by atoms with Crippen LogP contribution in [0, 0.1) is 11.3 Å². The molecule has 1 rings (SSSR count). The first kappa shape index (κ1) is 18.3. The van der Waals surface area contributed by atoms with Gasteiger partial charge in [0.05, 0.1) is 5.25 Å². The van der Waals surface area contributed by atoms with Crippen LogP contribution in [0.15, 0.2) is 35.5 Å². The average Bonchev–Trinajstić information content (AvgIpc) is 2.43. The lowest BCUT2D eigenvalue weighted by Crippen LogP contribution is -2.44. The normalized spacial score (nSPS) is 23.8. The van der Waals surface area contributed by atoms with Gasteiger partial charge in [-0.15, -0.1) is 0 Å². The van der Waals surface area contributed by atoms with Gasteiger partial charge in [0, 0.05) is 19.4 Å². The molecule has 22 heavy (non-hydrogen) atoms. The second-order valence-electron chi connectivity index (χ2n) is 5.21. The van der Waals surface area contributed by atoms with E-state index < -0.39 is 38.8 Å². The molecular weight excluding hydrogens is 312 g/mol. The highest BCUT2D eigenvalue weighted by Gasteiger charge is 2.33. The summed E-state index contributed by atoms with van der Waals surface area (Å²) in [5.41, 5.74) is 5.35. The highest BCUT2D eigenvalue weighted by Crippen LogP contribution is 2.30. The monoisotopic (exact) mass is 333 g/mol. The third-order valence-electron chi connectivity index (χ3n) is 3.82. The largest absolute Gasteiger partial charge is 0.369 e. The van der Waals surface area contributed by atoms with Crippen LogP contribution in [0.2, 0.25) is 0 Å². The van der Waals surface area contributed by atoms with Gasteiger partial charge in [-0.3, -0.25) is 5.41 Å². The molecule has 1 aliphatic rings. The van der Waals surface area contributed by atoms with E-state index in [4.69, 9.17) is 11.1 Å². The number of guanidine groups is 1. The highest BCUT2D eigenvalue weighted by molar-refractivity contribution is 7.90. The second-order valence-corrected chi connectivity index (χ2v) is 7.53. The maximum Gasteiger partial charge on any atom is 0.240 e. The van der Waals surface area contributed by atoms with Crippen LogP contribution in [0.5, 0.6) is 0 Å². The predicted molar refractivity (Wildman–Crippen MR) is 82.9 cm³/mol. The lowest BCUT2D eigenvalue weighted by Gasteiger charge is -2.27. The van der Waals surface area contributed by atoms with Crippen molar-refractivity contribution in [2.24, 2.45) is 11.7 Å². The first-order valence-electron chi connectivity index (χ1n) is 6.83. The predicted octanol–water partition coefficient (Wildman–Crippen LogP) is 2.59. The molecule has 0 radical (unpaired) electrons. The number of rotatable bonds is 4. The maximum atomic E-state index is 14.2. The Bertz CT molecular complexity index is 638. The Morgan fingerprint density at radius 2 is 1.95 bits per heavy atom. The minimum atomic E-state index is -3.90. The number of halogens is 2. The second kappa shape index (κ2) is 7.04. The van der Waals surface area contributed by atoms with E-state index in [9.17, 15) is 17.2 Å². The minimum Gasteiger partial charge on any atom is -0.369 e. The number of sulfonamides is 1. The van der Waals surface area contributed by atoms with Crippen LogP contribution in [0.4, 0.5) is 8.78 Å². The summed E-state index contributed by atoms with van der Waals surface area (Å²) in [5.74, 6) is -2.27. The van der Waals surface area contributed by atoms with Crippen molar-refractivity contribution in [1.29, 1.82) is 5.41 Å². The Labute approximate surface area is 129 Å². The molecule has 8 heteroatoms. The maximum absolute atomic E-state index is 14.2. The Morgan fingerprint density at radius 1 is 1.36 bits per heavy atom. The minimum absolute atomic E-state index is 0.0206. The Kier molecular flexibility index (Phi) is 5.87. The van der Waals surface area contributed by atoms with E-state index in [-0.39, 0.29) is 18.4 Å². The highest BCUT2D eigenvalue weighted by atomic mass is 32.2. The molecule has 3 N–H and O–H groups in total. The fraction of sp³-hybridized carbons (Fsp3) is 0.500. The Morgan fingerprint density at radius 3 is 2.50 bits per heavy atom. The van der Waals surface area contributed by atoms with E-state index >= 15 is 0 Å². The first-order chi connectivity index (χ1) is 10.1. The summed E-state index contributed by atoms with van der Waals surface area (Å²) < 4.78 is 52.8. The summed E-state index contributed by atoms with van der Waals surface area (Å²) in [6.45, 7) is 2.97. The molecule has 1 unspecified atom stereocenters. The first-order valence-corrected chi connectivity index (χ1v) is 8.33. The smallest absolute Gasteiger partial charge is 0.240 e. The van der Waals surface area contributed by atoms with E-state index in [0.717, 1.165) is 6.08 Å². The fourth-order valence-corrected chi connectivity index (χ4v) is 3.54. The van der Waals surface area contributed by atoms with E-state index in [1.807, 2.05) is 0 Å². The molecule has 0 aromatic carbocycles. The summed E-state index contributed by atoms with van der Waals surface area (Å²) in [4.78, 5) is 0. The van der Waals surface area contributed by atoms with Gasteiger partial charge in [0.2, 0.25) is 16.0 Å². The molecule has 0 aliphatic heterocycles. The Balaban J connectivity index is 3.15. The molecule has 0 saturated heterocycles. The lowest BCUT2D eigenvalue weighted by molar-refractivity contribution is 0.502. The van der Waals surface area contributed by atoms with E-state index in [1.54, 1.807) is 6.92 Å². The van der Waals surface area contributed by atoms with E-state index in [0.29, 0.717) is 4.31 Å². The van der Waals surface area contributed by atoms with Gasteiger partial charge in [-0.1, -0.05) is 13.0 Å². The number of hydrogen-bond acceptors (Lipinski definition) is 3. The molecule has 1 aliphatic carbocycles. The summed E-state index contributed by atoms with van der Waals surface area (Å²) in [5, 5.41) is 6.22. The van der Waals surface area contributed by atoms with Crippen molar-refractivity contribution in [3.05, 3.63) is 35.5 Å². The number of nitrogens with one attached hydrogen (secondary N) is 1. The van der Waals surface area contributed by atoms with Crippen molar-refractivity contribution < 1.29 is 17.2 Å². The summed E-state index contributed by atoms with van der Waals surface area (Å²) in [7, 11) is -2.74. The number of nitrogens with two attached hydrogens (primary N) is 1. The molecule has 0 saturated carbocycles. The molecule has 2 atom stereocenters. The molecular formula is C14H21F2N3O2S. The van der Waals surface area contributed by atoms with Gasteiger partial charge in [0.1, 0.15) is 11.7 Å². The van der Waals surface area contributed by atoms with Gasteiger partial charge >= 0.3 is 0 Å². The van der Waals surface area contributed by atoms with Crippen molar-refractivity contribution in [2.75, 3.05) is 7.05 Å². The van der Waals surface area contributed by atoms with Crippen LogP contribution in [-0.2, 0) is 10.0 Å². The topological polar surface area (TPSA) is 87.2 Å². The standard InChI is InChI=1S/C14H21F2N3O2S/c1-9(10(2)22(20,21)19(3)14(17)18)12-8-7-11(15)5-4-6-13(12)16/h5,7-10H,4,6H2,1-3H3,(H3,17,18)/b8-7-,11-5?,13-12-/t9?,10-/m1/s1. The molecule has 0 aromatic heterocycles. The molecule has 0 aromatic rings. The third-order valence-corrected chi connectivity index (χ3v) is 6.13. The van der Waals surface area contributed by atoms with Gasteiger partial charge < -0.3 is 5.73 Å². The van der Waals surface area contributed by atoms with Crippen molar-refractivity contribution >= 4 is 16.0 Å². The van der Waals surface area contributed by atoms with Crippen molar-refractivity contribution in [2.45, 2.75) is 31.9 Å². The van der Waals surface area contributed by atoms with Crippen molar-refractivity contribution in [3.63, 3.8) is 0 Å². The van der Waals surface area contributed by atoms with Gasteiger partial charge in [-0.2, -0.15) is 0 Å². The summed E-state index contributed by atoms with van der Waals surface area (Å²) in [6.07, 6.45) is 3.91. The fourth-order valence-electron chi connectivity index (χ4n) is 2.11. The third kappa shape index (κ3) is 3.94. The van der Waals surface area contributed by atoms with Crippen LogP contribution in [0.3, 0.4) is 0 Å². The molecule has 5 nitrogen and oxygen atoms in total. The van der Waals surface area contributed by atoms with E-state index in [2.05, 4.69) is 0 Å². The lowest BCUT2D eigenvalue weighted by atomic mass is 9.94. The van der Waals surface area contributed by atoms with Crippen molar-refractivity contribution in [3.8, 4) is 0 Å². The summed E-state index contributed by atoms with van der Waals surface area (Å²) >= 11 is 0. The van der Waals surface area contributed by atoms with Gasteiger partial charge in [-0.05, 0) is 31.1 Å². The zero-order valence-electron chi connectivity index (χ0n) is 12.8. The van der Waals surface area contributed by atoms with Gasteiger partial charge in [-0.25, -0.2) is 21.5 Å². The van der Waals surface area contributed by atoms with Crippen LogP contribution >= 0.6 is 0 Å². The zero-order chi connectivity index (χ0) is 17.1. The Hall–Kier alpha value is -1.70. The number of allylic oxidation sites excluding steroid dienone is 6. The molecule has 0 spiro atoms. The SMILES string of the molecule is CC(C1=C(\F)CCC=C(F)/C=C\1)[C@@H](C)S(=O)(=O)N(C)C(=N)N. The molecule has 0 heterocycles. The van der Waals surface area contributed by atoms with Gasteiger partial charge in [0.15, 0.2) is 0 Å². The van der Waals surface area contributed by atoms with Crippen LogP contribution < -0.4 is 5.73 Å². The van der Waals surface area contributed by atoms with Crippen LogP contribution in [-0.4, -0.2) is 31.0 Å². The molecule has 0 fully saturated rings. The molecule has 124 valence electrons. The zero-order valence-corrected chi connectivity index (χ0v) is 13.6. The number of hydrogen-bond donors (Lipinski definition) is 2.